The number of amides is 2. The molecule has 170 valence electrons. The molecule has 1 fully saturated rings. The van der Waals surface area contributed by atoms with Crippen LogP contribution in [0.5, 0.6) is 11.5 Å². The molecule has 0 saturated carbocycles. The van der Waals surface area contributed by atoms with E-state index >= 15 is 0 Å². The van der Waals surface area contributed by atoms with Gasteiger partial charge in [-0.2, -0.15) is 5.10 Å². The molecular formula is C26H23N5O3. The van der Waals surface area contributed by atoms with E-state index in [1.54, 1.807) is 15.8 Å². The molecule has 8 nitrogen and oxygen atoms in total. The Morgan fingerprint density at radius 1 is 1.00 bits per heavy atom. The molecule has 34 heavy (non-hydrogen) atoms. The Hall–Kier alpha value is -4.46. The zero-order valence-corrected chi connectivity index (χ0v) is 18.6. The number of aromatic nitrogens is 3. The van der Waals surface area contributed by atoms with Crippen LogP contribution in [0.15, 0.2) is 85.2 Å². The third kappa shape index (κ3) is 4.38. The smallest absolute Gasteiger partial charge is 0.255 e. The zero-order valence-electron chi connectivity index (χ0n) is 18.6. The van der Waals surface area contributed by atoms with Crippen LogP contribution in [-0.4, -0.2) is 39.2 Å². The van der Waals surface area contributed by atoms with Gasteiger partial charge >= 0.3 is 0 Å². The van der Waals surface area contributed by atoms with Crippen LogP contribution in [0.1, 0.15) is 22.5 Å². The molecule has 2 amide bonds. The SMILES string of the molecule is Cc1c(C(=O)NC2CC(=O)N(c3ccc(Oc4ccccc4)cc3)C2)cnn1-c1ccccn1. The van der Waals surface area contributed by atoms with Gasteiger partial charge in [0.15, 0.2) is 5.82 Å². The number of pyridine rings is 1. The van der Waals surface area contributed by atoms with Gasteiger partial charge in [-0.25, -0.2) is 9.67 Å². The number of hydrogen-bond donors (Lipinski definition) is 1. The minimum Gasteiger partial charge on any atom is -0.457 e. The number of nitrogens with zero attached hydrogens (tertiary/aromatic N) is 4. The number of para-hydroxylation sites is 1. The Morgan fingerprint density at radius 2 is 1.74 bits per heavy atom. The number of ether oxygens (including phenoxy) is 1. The molecular weight excluding hydrogens is 430 g/mol. The highest BCUT2D eigenvalue weighted by Crippen LogP contribution is 2.27. The van der Waals surface area contributed by atoms with Crippen LogP contribution < -0.4 is 15.0 Å². The molecule has 1 aliphatic rings. The van der Waals surface area contributed by atoms with Gasteiger partial charge in [0.2, 0.25) is 5.91 Å². The van der Waals surface area contributed by atoms with Crippen LogP contribution in [0.4, 0.5) is 5.69 Å². The molecule has 1 atom stereocenters. The van der Waals surface area contributed by atoms with Crippen LogP contribution in [0.2, 0.25) is 0 Å². The van der Waals surface area contributed by atoms with E-state index in [0.29, 0.717) is 29.4 Å². The van der Waals surface area contributed by atoms with Crippen LogP contribution in [0.3, 0.4) is 0 Å². The number of anilines is 1. The summed E-state index contributed by atoms with van der Waals surface area (Å²) < 4.78 is 7.44. The molecule has 3 heterocycles. The summed E-state index contributed by atoms with van der Waals surface area (Å²) in [6.07, 6.45) is 3.44. The molecule has 1 saturated heterocycles. The second-order valence-electron chi connectivity index (χ2n) is 8.03. The minimum atomic E-state index is -0.294. The number of carbonyl (C=O) groups excluding carboxylic acids is 2. The number of benzene rings is 2. The summed E-state index contributed by atoms with van der Waals surface area (Å²) in [5.74, 6) is 1.78. The van der Waals surface area contributed by atoms with E-state index in [1.807, 2.05) is 79.7 Å². The first-order valence-electron chi connectivity index (χ1n) is 11.0. The van der Waals surface area contributed by atoms with Crippen molar-refractivity contribution in [3.63, 3.8) is 0 Å². The minimum absolute atomic E-state index is 0.0390. The third-order valence-corrected chi connectivity index (χ3v) is 5.71. The Morgan fingerprint density at radius 3 is 2.47 bits per heavy atom. The standard InChI is InChI=1S/C26H23N5O3/c1-18-23(16-28-31(18)24-9-5-6-14-27-24)26(33)29-19-15-25(32)30(17-19)20-10-12-22(13-11-20)34-21-7-3-2-4-8-21/h2-14,16,19H,15,17H2,1H3,(H,29,33). The van der Waals surface area contributed by atoms with Gasteiger partial charge in [-0.05, 0) is 55.5 Å². The number of carbonyl (C=O) groups is 2. The third-order valence-electron chi connectivity index (χ3n) is 5.71. The van der Waals surface area contributed by atoms with Crippen molar-refractivity contribution < 1.29 is 14.3 Å². The van der Waals surface area contributed by atoms with Crippen molar-refractivity contribution in [2.24, 2.45) is 0 Å². The van der Waals surface area contributed by atoms with Crippen LogP contribution in [0.25, 0.3) is 5.82 Å². The van der Waals surface area contributed by atoms with Crippen molar-refractivity contribution in [2.45, 2.75) is 19.4 Å². The first-order valence-corrected chi connectivity index (χ1v) is 11.0. The molecule has 0 radical (unpaired) electrons. The van der Waals surface area contributed by atoms with E-state index in [4.69, 9.17) is 4.74 Å². The fourth-order valence-electron chi connectivity index (χ4n) is 3.98. The highest BCUT2D eigenvalue weighted by molar-refractivity contribution is 5.99. The Kier molecular flexibility index (Phi) is 5.78. The Balaban J connectivity index is 1.23. The van der Waals surface area contributed by atoms with E-state index in [2.05, 4.69) is 15.4 Å². The van der Waals surface area contributed by atoms with Crippen molar-refractivity contribution in [3.05, 3.63) is 96.4 Å². The topological polar surface area (TPSA) is 89.4 Å². The molecule has 0 aliphatic carbocycles. The normalized spacial score (nSPS) is 15.4. The Bertz CT molecular complexity index is 1300. The maximum absolute atomic E-state index is 12.9. The molecule has 0 bridgehead atoms. The lowest BCUT2D eigenvalue weighted by Crippen LogP contribution is -2.37. The summed E-state index contributed by atoms with van der Waals surface area (Å²) in [7, 11) is 0. The van der Waals surface area contributed by atoms with Gasteiger partial charge in [0.1, 0.15) is 11.5 Å². The summed E-state index contributed by atoms with van der Waals surface area (Å²) >= 11 is 0. The quantitative estimate of drug-likeness (QED) is 0.478. The van der Waals surface area contributed by atoms with E-state index in [-0.39, 0.29) is 24.3 Å². The molecule has 2 aromatic heterocycles. The summed E-state index contributed by atoms with van der Waals surface area (Å²) in [6, 6.07) is 22.1. The second-order valence-corrected chi connectivity index (χ2v) is 8.03. The summed E-state index contributed by atoms with van der Waals surface area (Å²) in [5, 5.41) is 7.28. The number of hydrogen-bond acceptors (Lipinski definition) is 5. The maximum atomic E-state index is 12.9. The lowest BCUT2D eigenvalue weighted by atomic mass is 10.2. The largest absolute Gasteiger partial charge is 0.457 e. The average molecular weight is 454 g/mol. The fourth-order valence-corrected chi connectivity index (χ4v) is 3.98. The van der Waals surface area contributed by atoms with Gasteiger partial charge in [-0.1, -0.05) is 24.3 Å². The first-order chi connectivity index (χ1) is 16.6. The molecule has 2 aromatic carbocycles. The average Bonchev–Trinajstić information content (AvgIpc) is 3.43. The highest BCUT2D eigenvalue weighted by Gasteiger charge is 2.32. The fraction of sp³-hybridized carbons (Fsp3) is 0.154. The number of nitrogens with one attached hydrogen (secondary N) is 1. The van der Waals surface area contributed by atoms with Crippen LogP contribution in [0, 0.1) is 6.92 Å². The zero-order chi connectivity index (χ0) is 23.5. The van der Waals surface area contributed by atoms with E-state index in [0.717, 1.165) is 11.4 Å². The van der Waals surface area contributed by atoms with Gasteiger partial charge in [-0.3, -0.25) is 9.59 Å². The highest BCUT2D eigenvalue weighted by atomic mass is 16.5. The van der Waals surface area contributed by atoms with Crippen molar-refractivity contribution in [2.75, 3.05) is 11.4 Å². The van der Waals surface area contributed by atoms with Gasteiger partial charge in [0, 0.05) is 24.8 Å². The lowest BCUT2D eigenvalue weighted by molar-refractivity contribution is -0.117. The van der Waals surface area contributed by atoms with Crippen molar-refractivity contribution in [1.82, 2.24) is 20.1 Å². The van der Waals surface area contributed by atoms with Crippen molar-refractivity contribution >= 4 is 17.5 Å². The molecule has 1 unspecified atom stereocenters. The van der Waals surface area contributed by atoms with Crippen molar-refractivity contribution in [3.8, 4) is 17.3 Å². The van der Waals surface area contributed by atoms with E-state index < -0.39 is 0 Å². The lowest BCUT2D eigenvalue weighted by Gasteiger charge is -2.18. The molecule has 4 aromatic rings. The van der Waals surface area contributed by atoms with Gasteiger partial charge in [0.25, 0.3) is 5.91 Å². The maximum Gasteiger partial charge on any atom is 0.255 e. The summed E-state index contributed by atoms with van der Waals surface area (Å²) in [6.45, 7) is 2.22. The molecule has 5 rings (SSSR count). The molecule has 1 N–H and O–H groups in total. The van der Waals surface area contributed by atoms with Gasteiger partial charge in [-0.15, -0.1) is 0 Å². The van der Waals surface area contributed by atoms with Gasteiger partial charge < -0.3 is 15.0 Å². The molecule has 8 heteroatoms. The molecule has 0 spiro atoms. The number of rotatable bonds is 6. The Labute approximate surface area is 196 Å². The van der Waals surface area contributed by atoms with Gasteiger partial charge in [0.05, 0.1) is 23.5 Å². The monoisotopic (exact) mass is 453 g/mol. The van der Waals surface area contributed by atoms with Crippen molar-refractivity contribution in [1.29, 1.82) is 0 Å². The predicted octanol–water partition coefficient (Wildman–Crippen LogP) is 3.90. The van der Waals surface area contributed by atoms with E-state index in [9.17, 15) is 9.59 Å². The summed E-state index contributed by atoms with van der Waals surface area (Å²) in [4.78, 5) is 31.5. The van der Waals surface area contributed by atoms with E-state index in [1.165, 1.54) is 6.20 Å². The van der Waals surface area contributed by atoms with Crippen LogP contribution >= 0.6 is 0 Å². The molecule has 1 aliphatic heterocycles. The van der Waals surface area contributed by atoms with Crippen LogP contribution in [-0.2, 0) is 4.79 Å². The second kappa shape index (κ2) is 9.19. The summed E-state index contributed by atoms with van der Waals surface area (Å²) in [5.41, 5.74) is 1.91. The first kappa shape index (κ1) is 21.4. The predicted molar refractivity (Wildman–Crippen MR) is 127 cm³/mol.